The minimum absolute atomic E-state index is 0.371. The summed E-state index contributed by atoms with van der Waals surface area (Å²) in [7, 11) is 0. The van der Waals surface area contributed by atoms with Gasteiger partial charge in [0.05, 0.1) is 12.8 Å². The molecule has 96 valence electrons. The van der Waals surface area contributed by atoms with E-state index in [9.17, 15) is 8.78 Å². The van der Waals surface area contributed by atoms with Gasteiger partial charge in [0.15, 0.2) is 0 Å². The maximum absolute atomic E-state index is 13.8. The van der Waals surface area contributed by atoms with E-state index in [1.54, 1.807) is 13.0 Å². The van der Waals surface area contributed by atoms with Crippen molar-refractivity contribution in [3.63, 3.8) is 0 Å². The highest BCUT2D eigenvalue weighted by Gasteiger charge is 2.14. The normalized spacial score (nSPS) is 10.9. The average Bonchev–Trinajstić information content (AvgIpc) is 2.79. The summed E-state index contributed by atoms with van der Waals surface area (Å²) in [6, 6.07) is 4.11. The Hall–Kier alpha value is -1.68. The van der Waals surface area contributed by atoms with Crippen molar-refractivity contribution in [3.8, 4) is 11.1 Å². The monoisotopic (exact) mass is 251 g/mol. The van der Waals surface area contributed by atoms with Gasteiger partial charge >= 0.3 is 0 Å². The second-order valence-corrected chi connectivity index (χ2v) is 4.12. The van der Waals surface area contributed by atoms with Crippen LogP contribution in [0.1, 0.15) is 18.2 Å². The molecule has 4 heteroatoms. The molecule has 0 unspecified atom stereocenters. The van der Waals surface area contributed by atoms with E-state index in [1.807, 2.05) is 6.92 Å². The molecule has 1 aromatic heterocycles. The number of aryl methyl sites for hydroxylation is 1. The fourth-order valence-corrected chi connectivity index (χ4v) is 1.82. The molecule has 2 aromatic rings. The molecule has 0 amide bonds. The Balaban J connectivity index is 2.42. The van der Waals surface area contributed by atoms with Crippen molar-refractivity contribution >= 4 is 0 Å². The molecule has 2 rings (SSSR count). The second-order valence-electron chi connectivity index (χ2n) is 4.12. The van der Waals surface area contributed by atoms with Crippen molar-refractivity contribution in [1.29, 1.82) is 0 Å². The zero-order valence-electron chi connectivity index (χ0n) is 10.4. The van der Waals surface area contributed by atoms with Gasteiger partial charge in [-0.05, 0) is 31.2 Å². The van der Waals surface area contributed by atoms with Crippen LogP contribution in [0.25, 0.3) is 11.1 Å². The lowest BCUT2D eigenvalue weighted by Crippen LogP contribution is -2.11. The van der Waals surface area contributed by atoms with Crippen LogP contribution in [0.5, 0.6) is 0 Å². The van der Waals surface area contributed by atoms with Gasteiger partial charge < -0.3 is 9.73 Å². The van der Waals surface area contributed by atoms with Gasteiger partial charge in [0.1, 0.15) is 17.4 Å². The fraction of sp³-hybridized carbons (Fsp3) is 0.286. The van der Waals surface area contributed by atoms with E-state index in [-0.39, 0.29) is 0 Å². The minimum Gasteiger partial charge on any atom is -0.467 e. The van der Waals surface area contributed by atoms with Crippen molar-refractivity contribution in [1.82, 2.24) is 5.32 Å². The highest BCUT2D eigenvalue weighted by molar-refractivity contribution is 5.67. The predicted molar refractivity (Wildman–Crippen MR) is 66.2 cm³/mol. The third-order valence-electron chi connectivity index (χ3n) is 2.82. The van der Waals surface area contributed by atoms with Gasteiger partial charge in [0, 0.05) is 17.2 Å². The highest BCUT2D eigenvalue weighted by atomic mass is 19.1. The van der Waals surface area contributed by atoms with Gasteiger partial charge in [0.25, 0.3) is 0 Å². The molecule has 1 N–H and O–H groups in total. The van der Waals surface area contributed by atoms with Gasteiger partial charge in [-0.3, -0.25) is 0 Å². The maximum Gasteiger partial charge on any atom is 0.134 e. The summed E-state index contributed by atoms with van der Waals surface area (Å²) in [4.78, 5) is 0. The van der Waals surface area contributed by atoms with Gasteiger partial charge in [0.2, 0.25) is 0 Å². The van der Waals surface area contributed by atoms with Crippen LogP contribution in [-0.4, -0.2) is 6.54 Å². The number of halogens is 2. The Morgan fingerprint density at radius 3 is 2.67 bits per heavy atom. The lowest BCUT2D eigenvalue weighted by atomic mass is 10.0. The van der Waals surface area contributed by atoms with Crippen molar-refractivity contribution in [2.45, 2.75) is 20.4 Å². The molecule has 0 aliphatic carbocycles. The Kier molecular flexibility index (Phi) is 3.77. The predicted octanol–water partition coefficient (Wildman–Crippen LogP) is 3.64. The molecular weight excluding hydrogens is 236 g/mol. The van der Waals surface area contributed by atoms with E-state index in [1.165, 1.54) is 12.3 Å². The van der Waals surface area contributed by atoms with E-state index < -0.39 is 11.6 Å². The lowest BCUT2D eigenvalue weighted by molar-refractivity contribution is 0.488. The number of furan rings is 1. The Morgan fingerprint density at radius 2 is 1.94 bits per heavy atom. The third kappa shape index (κ3) is 2.43. The van der Waals surface area contributed by atoms with E-state index in [4.69, 9.17) is 4.42 Å². The van der Waals surface area contributed by atoms with Gasteiger partial charge in [-0.1, -0.05) is 6.92 Å². The summed E-state index contributed by atoms with van der Waals surface area (Å²) in [6.45, 7) is 4.91. The molecule has 0 bridgehead atoms. The summed E-state index contributed by atoms with van der Waals surface area (Å²) < 4.78 is 32.3. The molecule has 0 saturated heterocycles. The molecule has 0 aliphatic rings. The largest absolute Gasteiger partial charge is 0.467 e. The van der Waals surface area contributed by atoms with Crippen LogP contribution < -0.4 is 5.32 Å². The SMILES string of the molecule is CCNCc1occc1-c1cc(C)c(F)cc1F. The van der Waals surface area contributed by atoms with Gasteiger partial charge in [-0.15, -0.1) is 0 Å². The first kappa shape index (κ1) is 12.8. The zero-order valence-corrected chi connectivity index (χ0v) is 10.4. The van der Waals surface area contributed by atoms with E-state index in [0.717, 1.165) is 12.6 Å². The Bertz CT molecular complexity index is 549. The first-order valence-corrected chi connectivity index (χ1v) is 5.86. The fourth-order valence-electron chi connectivity index (χ4n) is 1.82. The number of nitrogens with one attached hydrogen (secondary N) is 1. The summed E-state index contributed by atoms with van der Waals surface area (Å²) in [6.07, 6.45) is 1.51. The van der Waals surface area contributed by atoms with Crippen LogP contribution in [0.15, 0.2) is 28.9 Å². The standard InChI is InChI=1S/C14H15F2NO/c1-3-17-8-14-10(4-5-18-14)11-6-9(2)12(15)7-13(11)16/h4-7,17H,3,8H2,1-2H3. The molecule has 2 nitrogen and oxygen atoms in total. The van der Waals surface area contributed by atoms with Crippen LogP contribution in [0.2, 0.25) is 0 Å². The number of hydrogen-bond donors (Lipinski definition) is 1. The second kappa shape index (κ2) is 5.31. The Labute approximate surface area is 105 Å². The van der Waals surface area contributed by atoms with E-state index in [2.05, 4.69) is 5.32 Å². The summed E-state index contributed by atoms with van der Waals surface area (Å²) in [5.41, 5.74) is 1.45. The molecule has 18 heavy (non-hydrogen) atoms. The molecule has 0 saturated carbocycles. The highest BCUT2D eigenvalue weighted by Crippen LogP contribution is 2.29. The summed E-state index contributed by atoms with van der Waals surface area (Å²) in [5.74, 6) is -0.452. The maximum atomic E-state index is 13.8. The summed E-state index contributed by atoms with van der Waals surface area (Å²) in [5, 5.41) is 3.12. The van der Waals surface area contributed by atoms with Crippen LogP contribution in [0.3, 0.4) is 0 Å². The van der Waals surface area contributed by atoms with Crippen LogP contribution in [-0.2, 0) is 6.54 Å². The number of rotatable bonds is 4. The zero-order chi connectivity index (χ0) is 13.1. The summed E-state index contributed by atoms with van der Waals surface area (Å²) >= 11 is 0. The minimum atomic E-state index is -0.572. The van der Waals surface area contributed by atoms with Crippen molar-refractivity contribution in [2.75, 3.05) is 6.54 Å². The van der Waals surface area contributed by atoms with Crippen molar-refractivity contribution < 1.29 is 13.2 Å². The van der Waals surface area contributed by atoms with E-state index in [0.29, 0.717) is 29.0 Å². The molecule has 0 spiro atoms. The molecule has 1 aromatic carbocycles. The lowest BCUT2D eigenvalue weighted by Gasteiger charge is -2.07. The molecule has 1 heterocycles. The van der Waals surface area contributed by atoms with Crippen molar-refractivity contribution in [3.05, 3.63) is 47.4 Å². The van der Waals surface area contributed by atoms with Crippen LogP contribution in [0, 0.1) is 18.6 Å². The first-order valence-electron chi connectivity index (χ1n) is 5.86. The molecular formula is C14H15F2NO. The van der Waals surface area contributed by atoms with Gasteiger partial charge in [-0.25, -0.2) is 8.78 Å². The first-order chi connectivity index (χ1) is 8.63. The molecule has 0 fully saturated rings. The van der Waals surface area contributed by atoms with E-state index >= 15 is 0 Å². The van der Waals surface area contributed by atoms with Crippen molar-refractivity contribution in [2.24, 2.45) is 0 Å². The molecule has 0 atom stereocenters. The average molecular weight is 251 g/mol. The molecule has 0 radical (unpaired) electrons. The molecule has 0 aliphatic heterocycles. The number of benzene rings is 1. The Morgan fingerprint density at radius 1 is 1.17 bits per heavy atom. The smallest absolute Gasteiger partial charge is 0.134 e. The van der Waals surface area contributed by atoms with Crippen LogP contribution >= 0.6 is 0 Å². The van der Waals surface area contributed by atoms with Crippen LogP contribution in [0.4, 0.5) is 8.78 Å². The number of hydrogen-bond acceptors (Lipinski definition) is 2. The quantitative estimate of drug-likeness (QED) is 0.897. The topological polar surface area (TPSA) is 25.2 Å². The third-order valence-corrected chi connectivity index (χ3v) is 2.82. The van der Waals surface area contributed by atoms with Gasteiger partial charge in [-0.2, -0.15) is 0 Å².